The zero-order chi connectivity index (χ0) is 18.2. The van der Waals surface area contributed by atoms with Crippen LogP contribution in [-0.2, 0) is 6.54 Å². The third-order valence-corrected chi connectivity index (χ3v) is 4.22. The summed E-state index contributed by atoms with van der Waals surface area (Å²) >= 11 is 0. The highest BCUT2D eigenvalue weighted by Crippen LogP contribution is 2.23. The summed E-state index contributed by atoms with van der Waals surface area (Å²) in [6.07, 6.45) is 3.92. The molecule has 138 valence electrons. The van der Waals surface area contributed by atoms with Crippen LogP contribution in [0.4, 0.5) is 5.82 Å². The number of H-pyrrole nitrogens is 1. The first-order valence-electron chi connectivity index (χ1n) is 9.12. The Morgan fingerprint density at radius 2 is 2.08 bits per heavy atom. The van der Waals surface area contributed by atoms with Gasteiger partial charge in [-0.05, 0) is 39.1 Å². The molecule has 0 bridgehead atoms. The Labute approximate surface area is 151 Å². The molecule has 2 heterocycles. The van der Waals surface area contributed by atoms with E-state index in [4.69, 9.17) is 0 Å². The Morgan fingerprint density at radius 3 is 2.68 bits per heavy atom. The van der Waals surface area contributed by atoms with E-state index in [9.17, 15) is 0 Å². The minimum absolute atomic E-state index is 0.618. The molecule has 0 aliphatic carbocycles. The highest BCUT2D eigenvalue weighted by atomic mass is 15.2. The molecule has 0 saturated heterocycles. The largest absolute Gasteiger partial charge is 0.357 e. The molecule has 2 aromatic heterocycles. The van der Waals surface area contributed by atoms with Crippen molar-refractivity contribution in [2.24, 2.45) is 5.92 Å². The van der Waals surface area contributed by atoms with Gasteiger partial charge in [-0.25, -0.2) is 4.98 Å². The standard InChI is InChI=1S/C19H32N6/c1-6-25(13-15(2)3)18-8-7-16(11-21-18)19-17(12-22-23-19)14-24(5)10-9-20-4/h7-8,11-12,15,20H,6,9-10,13-14H2,1-5H3,(H,22,23). The summed E-state index contributed by atoms with van der Waals surface area (Å²) < 4.78 is 0. The van der Waals surface area contributed by atoms with Gasteiger partial charge in [-0.15, -0.1) is 0 Å². The number of rotatable bonds is 10. The van der Waals surface area contributed by atoms with Crippen LogP contribution in [0.2, 0.25) is 0 Å². The number of nitrogens with one attached hydrogen (secondary N) is 2. The maximum Gasteiger partial charge on any atom is 0.128 e. The first kappa shape index (κ1) is 19.4. The summed E-state index contributed by atoms with van der Waals surface area (Å²) in [6.45, 7) is 11.5. The molecule has 6 heteroatoms. The monoisotopic (exact) mass is 344 g/mol. The molecule has 0 unspecified atom stereocenters. The third kappa shape index (κ3) is 5.54. The first-order chi connectivity index (χ1) is 12.0. The van der Waals surface area contributed by atoms with Gasteiger partial charge in [0.2, 0.25) is 0 Å². The second-order valence-corrected chi connectivity index (χ2v) is 6.94. The predicted octanol–water partition coefficient (Wildman–Crippen LogP) is 2.61. The van der Waals surface area contributed by atoms with Gasteiger partial charge in [-0.2, -0.15) is 5.10 Å². The Balaban J connectivity index is 2.11. The van der Waals surface area contributed by atoms with Crippen molar-refractivity contribution in [2.45, 2.75) is 27.3 Å². The summed E-state index contributed by atoms with van der Waals surface area (Å²) in [5, 5.41) is 10.6. The number of nitrogens with zero attached hydrogens (tertiary/aromatic N) is 4. The molecule has 6 nitrogen and oxygen atoms in total. The minimum Gasteiger partial charge on any atom is -0.357 e. The topological polar surface area (TPSA) is 60.1 Å². The maximum absolute atomic E-state index is 4.68. The second-order valence-electron chi connectivity index (χ2n) is 6.94. The van der Waals surface area contributed by atoms with Crippen LogP contribution in [0, 0.1) is 5.92 Å². The van der Waals surface area contributed by atoms with E-state index in [1.165, 1.54) is 5.56 Å². The summed E-state index contributed by atoms with van der Waals surface area (Å²) in [5.74, 6) is 1.65. The van der Waals surface area contributed by atoms with Crippen molar-refractivity contribution in [1.29, 1.82) is 0 Å². The lowest BCUT2D eigenvalue weighted by molar-refractivity contribution is 0.328. The summed E-state index contributed by atoms with van der Waals surface area (Å²) in [6, 6.07) is 4.23. The van der Waals surface area contributed by atoms with Crippen LogP contribution in [0.3, 0.4) is 0 Å². The van der Waals surface area contributed by atoms with E-state index in [0.29, 0.717) is 5.92 Å². The first-order valence-corrected chi connectivity index (χ1v) is 9.12. The SMILES string of the molecule is CCN(CC(C)C)c1ccc(-c2n[nH]cc2CN(C)CCNC)cn1. The van der Waals surface area contributed by atoms with Crippen LogP contribution in [0.1, 0.15) is 26.3 Å². The molecule has 0 amide bonds. The predicted molar refractivity (Wildman–Crippen MR) is 105 cm³/mol. The van der Waals surface area contributed by atoms with Crippen molar-refractivity contribution in [3.8, 4) is 11.3 Å². The minimum atomic E-state index is 0.618. The highest BCUT2D eigenvalue weighted by molar-refractivity contribution is 5.63. The molecule has 0 aliphatic heterocycles. The molecule has 25 heavy (non-hydrogen) atoms. The normalized spacial score (nSPS) is 11.5. The van der Waals surface area contributed by atoms with Crippen LogP contribution in [0.25, 0.3) is 11.3 Å². The number of anilines is 1. The number of likely N-dealkylation sites (N-methyl/N-ethyl adjacent to an activating group) is 2. The smallest absolute Gasteiger partial charge is 0.128 e. The van der Waals surface area contributed by atoms with Crippen molar-refractivity contribution in [1.82, 2.24) is 25.4 Å². The van der Waals surface area contributed by atoms with Crippen molar-refractivity contribution in [3.63, 3.8) is 0 Å². The van der Waals surface area contributed by atoms with Crippen molar-refractivity contribution < 1.29 is 0 Å². The van der Waals surface area contributed by atoms with Crippen LogP contribution < -0.4 is 10.2 Å². The number of hydrogen-bond acceptors (Lipinski definition) is 5. The molecule has 0 radical (unpaired) electrons. The van der Waals surface area contributed by atoms with Gasteiger partial charge in [0, 0.05) is 56.2 Å². The molecule has 2 N–H and O–H groups in total. The summed E-state index contributed by atoms with van der Waals surface area (Å²) in [7, 11) is 4.10. The third-order valence-electron chi connectivity index (χ3n) is 4.22. The van der Waals surface area contributed by atoms with Crippen LogP contribution in [0.5, 0.6) is 0 Å². The molecular weight excluding hydrogens is 312 g/mol. The highest BCUT2D eigenvalue weighted by Gasteiger charge is 2.13. The van der Waals surface area contributed by atoms with Gasteiger partial charge in [0.25, 0.3) is 0 Å². The van der Waals surface area contributed by atoms with Crippen LogP contribution >= 0.6 is 0 Å². The fraction of sp³-hybridized carbons (Fsp3) is 0.579. The molecule has 0 atom stereocenters. The lowest BCUT2D eigenvalue weighted by Crippen LogP contribution is -2.28. The molecule has 0 spiro atoms. The van der Waals surface area contributed by atoms with E-state index in [-0.39, 0.29) is 0 Å². The van der Waals surface area contributed by atoms with Gasteiger partial charge in [-0.1, -0.05) is 13.8 Å². The number of pyridine rings is 1. The Morgan fingerprint density at radius 1 is 1.28 bits per heavy atom. The zero-order valence-electron chi connectivity index (χ0n) is 16.2. The van der Waals surface area contributed by atoms with E-state index >= 15 is 0 Å². The van der Waals surface area contributed by atoms with Crippen molar-refractivity contribution in [3.05, 3.63) is 30.1 Å². The Kier molecular flexibility index (Phi) is 7.40. The quantitative estimate of drug-likeness (QED) is 0.694. The van der Waals surface area contributed by atoms with Crippen molar-refractivity contribution >= 4 is 5.82 Å². The average molecular weight is 345 g/mol. The number of hydrogen-bond donors (Lipinski definition) is 2. The number of aromatic nitrogens is 3. The molecule has 2 aromatic rings. The molecule has 0 aromatic carbocycles. The molecule has 0 saturated carbocycles. The second kappa shape index (κ2) is 9.53. The fourth-order valence-corrected chi connectivity index (χ4v) is 2.90. The summed E-state index contributed by atoms with van der Waals surface area (Å²) in [4.78, 5) is 9.27. The lowest BCUT2D eigenvalue weighted by Gasteiger charge is -2.24. The maximum atomic E-state index is 4.68. The van der Waals surface area contributed by atoms with E-state index in [1.54, 1.807) is 0 Å². The average Bonchev–Trinajstić information content (AvgIpc) is 3.06. The van der Waals surface area contributed by atoms with Crippen LogP contribution in [-0.4, -0.2) is 60.4 Å². The molecule has 0 aliphatic rings. The van der Waals surface area contributed by atoms with Gasteiger partial charge in [-0.3, -0.25) is 5.10 Å². The molecule has 2 rings (SSSR count). The van der Waals surface area contributed by atoms with Gasteiger partial charge >= 0.3 is 0 Å². The van der Waals surface area contributed by atoms with E-state index in [0.717, 1.165) is 49.8 Å². The lowest BCUT2D eigenvalue weighted by atomic mass is 10.1. The van der Waals surface area contributed by atoms with E-state index < -0.39 is 0 Å². The van der Waals surface area contributed by atoms with Crippen LogP contribution in [0.15, 0.2) is 24.5 Å². The summed E-state index contributed by atoms with van der Waals surface area (Å²) in [5.41, 5.74) is 3.24. The molecular formula is C19H32N6. The van der Waals surface area contributed by atoms with Gasteiger partial charge in [0.15, 0.2) is 0 Å². The van der Waals surface area contributed by atoms with Crippen molar-refractivity contribution in [2.75, 3.05) is 45.2 Å². The van der Waals surface area contributed by atoms with Gasteiger partial charge in [0.1, 0.15) is 5.82 Å². The zero-order valence-corrected chi connectivity index (χ0v) is 16.2. The van der Waals surface area contributed by atoms with E-state index in [1.807, 2.05) is 19.4 Å². The van der Waals surface area contributed by atoms with Gasteiger partial charge < -0.3 is 15.1 Å². The Bertz CT molecular complexity index is 619. The van der Waals surface area contributed by atoms with E-state index in [2.05, 4.69) is 70.2 Å². The van der Waals surface area contributed by atoms with Gasteiger partial charge in [0.05, 0.1) is 5.69 Å². The Hall–Kier alpha value is -1.92. The molecule has 0 fully saturated rings. The fourth-order valence-electron chi connectivity index (χ4n) is 2.90. The number of aromatic amines is 1.